The zero-order chi connectivity index (χ0) is 11.6. The van der Waals surface area contributed by atoms with Crippen LogP contribution >= 0.6 is 0 Å². The summed E-state index contributed by atoms with van der Waals surface area (Å²) in [7, 11) is 0. The number of aryl methyl sites for hydroxylation is 1. The lowest BCUT2D eigenvalue weighted by Crippen LogP contribution is -2.01. The molecule has 16 heavy (non-hydrogen) atoms. The van der Waals surface area contributed by atoms with Crippen LogP contribution in [-0.4, -0.2) is 6.54 Å². The van der Waals surface area contributed by atoms with Gasteiger partial charge in [0.25, 0.3) is 0 Å². The Bertz CT molecular complexity index is 263. The van der Waals surface area contributed by atoms with Gasteiger partial charge in [-0.25, -0.2) is 0 Å². The summed E-state index contributed by atoms with van der Waals surface area (Å²) in [6.45, 7) is 5.58. The zero-order valence-corrected chi connectivity index (χ0v) is 10.8. The van der Waals surface area contributed by atoms with E-state index < -0.39 is 0 Å². The van der Waals surface area contributed by atoms with Crippen LogP contribution in [0.15, 0.2) is 24.3 Å². The average Bonchev–Trinajstić information content (AvgIpc) is 2.33. The molecule has 1 nitrogen and oxygen atoms in total. The van der Waals surface area contributed by atoms with E-state index in [9.17, 15) is 0 Å². The van der Waals surface area contributed by atoms with E-state index in [0.717, 1.165) is 6.54 Å². The predicted octanol–water partition coefficient (Wildman–Crippen LogP) is 4.63. The molecule has 0 atom stereocenters. The Morgan fingerprint density at radius 3 is 2.19 bits per heavy atom. The SMILES string of the molecule is CCCCCNc1ccc(CCCC)cc1. The van der Waals surface area contributed by atoms with Gasteiger partial charge in [-0.3, -0.25) is 0 Å². The third-order valence-corrected chi connectivity index (χ3v) is 2.88. The van der Waals surface area contributed by atoms with E-state index in [1.54, 1.807) is 0 Å². The van der Waals surface area contributed by atoms with E-state index in [-0.39, 0.29) is 0 Å². The first kappa shape index (κ1) is 13.1. The van der Waals surface area contributed by atoms with E-state index in [4.69, 9.17) is 0 Å². The molecule has 0 aromatic heterocycles. The lowest BCUT2D eigenvalue weighted by Gasteiger charge is -2.07. The summed E-state index contributed by atoms with van der Waals surface area (Å²) in [5, 5.41) is 3.46. The second-order valence-electron chi connectivity index (χ2n) is 4.43. The van der Waals surface area contributed by atoms with Crippen molar-refractivity contribution in [1.29, 1.82) is 0 Å². The van der Waals surface area contributed by atoms with Crippen molar-refractivity contribution in [2.75, 3.05) is 11.9 Å². The molecule has 0 amide bonds. The highest BCUT2D eigenvalue weighted by Gasteiger charge is 1.94. The van der Waals surface area contributed by atoms with Gasteiger partial charge in [0.15, 0.2) is 0 Å². The van der Waals surface area contributed by atoms with Crippen molar-refractivity contribution in [3.8, 4) is 0 Å². The van der Waals surface area contributed by atoms with Crippen LogP contribution in [0, 0.1) is 0 Å². The van der Waals surface area contributed by atoms with Crippen molar-refractivity contribution < 1.29 is 0 Å². The molecule has 1 rings (SSSR count). The quantitative estimate of drug-likeness (QED) is 0.628. The number of hydrogen-bond acceptors (Lipinski definition) is 1. The van der Waals surface area contributed by atoms with Crippen molar-refractivity contribution in [3.05, 3.63) is 29.8 Å². The molecule has 90 valence electrons. The fourth-order valence-corrected chi connectivity index (χ4v) is 1.78. The van der Waals surface area contributed by atoms with Crippen LogP contribution in [0.3, 0.4) is 0 Å². The van der Waals surface area contributed by atoms with Crippen LogP contribution in [-0.2, 0) is 6.42 Å². The van der Waals surface area contributed by atoms with Crippen LogP contribution in [0.5, 0.6) is 0 Å². The molecule has 0 bridgehead atoms. The van der Waals surface area contributed by atoms with E-state index in [1.165, 1.54) is 49.8 Å². The number of hydrogen-bond donors (Lipinski definition) is 1. The van der Waals surface area contributed by atoms with Gasteiger partial charge in [0.2, 0.25) is 0 Å². The number of benzene rings is 1. The maximum Gasteiger partial charge on any atom is 0.0340 e. The topological polar surface area (TPSA) is 12.0 Å². The number of unbranched alkanes of at least 4 members (excludes halogenated alkanes) is 3. The molecule has 0 aliphatic carbocycles. The van der Waals surface area contributed by atoms with E-state index in [0.29, 0.717) is 0 Å². The summed E-state index contributed by atoms with van der Waals surface area (Å²) in [5.74, 6) is 0. The minimum absolute atomic E-state index is 1.10. The van der Waals surface area contributed by atoms with E-state index >= 15 is 0 Å². The molecule has 0 heterocycles. The summed E-state index contributed by atoms with van der Waals surface area (Å²) in [6, 6.07) is 8.91. The highest BCUT2D eigenvalue weighted by Crippen LogP contribution is 2.11. The minimum atomic E-state index is 1.10. The van der Waals surface area contributed by atoms with Gasteiger partial charge in [0, 0.05) is 12.2 Å². The molecule has 1 N–H and O–H groups in total. The largest absolute Gasteiger partial charge is 0.385 e. The molecule has 0 spiro atoms. The third-order valence-electron chi connectivity index (χ3n) is 2.88. The lowest BCUT2D eigenvalue weighted by molar-refractivity contribution is 0.743. The molecule has 1 heteroatoms. The Balaban J connectivity index is 2.27. The molecule has 0 aliphatic heterocycles. The third kappa shape index (κ3) is 5.20. The van der Waals surface area contributed by atoms with Crippen molar-refractivity contribution in [1.82, 2.24) is 0 Å². The highest BCUT2D eigenvalue weighted by atomic mass is 14.9. The summed E-state index contributed by atoms with van der Waals surface area (Å²) < 4.78 is 0. The van der Waals surface area contributed by atoms with Gasteiger partial charge >= 0.3 is 0 Å². The second-order valence-corrected chi connectivity index (χ2v) is 4.43. The van der Waals surface area contributed by atoms with Crippen LogP contribution in [0.25, 0.3) is 0 Å². The summed E-state index contributed by atoms with van der Waals surface area (Å²) in [6.07, 6.45) is 7.67. The smallest absolute Gasteiger partial charge is 0.0340 e. The molecule has 1 aromatic rings. The molecule has 0 unspecified atom stereocenters. The molecule has 0 aliphatic rings. The first-order valence-corrected chi connectivity index (χ1v) is 6.69. The van der Waals surface area contributed by atoms with E-state index in [1.807, 2.05) is 0 Å². The Morgan fingerprint density at radius 2 is 1.56 bits per heavy atom. The lowest BCUT2D eigenvalue weighted by atomic mass is 10.1. The average molecular weight is 219 g/mol. The minimum Gasteiger partial charge on any atom is -0.385 e. The number of rotatable bonds is 8. The fraction of sp³-hybridized carbons (Fsp3) is 0.600. The van der Waals surface area contributed by atoms with Gasteiger partial charge in [-0.15, -0.1) is 0 Å². The van der Waals surface area contributed by atoms with Crippen LogP contribution in [0.1, 0.15) is 51.5 Å². The van der Waals surface area contributed by atoms with Crippen molar-refractivity contribution >= 4 is 5.69 Å². The Morgan fingerprint density at radius 1 is 0.875 bits per heavy atom. The molecule has 1 aromatic carbocycles. The maximum atomic E-state index is 3.46. The molecule has 0 fully saturated rings. The van der Waals surface area contributed by atoms with Gasteiger partial charge in [-0.2, -0.15) is 0 Å². The van der Waals surface area contributed by atoms with Gasteiger partial charge in [0.1, 0.15) is 0 Å². The van der Waals surface area contributed by atoms with Crippen molar-refractivity contribution in [2.24, 2.45) is 0 Å². The monoisotopic (exact) mass is 219 g/mol. The van der Waals surface area contributed by atoms with Crippen LogP contribution in [0.4, 0.5) is 5.69 Å². The van der Waals surface area contributed by atoms with E-state index in [2.05, 4.69) is 43.4 Å². The Labute approximate surface area is 100 Å². The van der Waals surface area contributed by atoms with Gasteiger partial charge in [-0.1, -0.05) is 45.2 Å². The first-order chi connectivity index (χ1) is 7.86. The predicted molar refractivity (Wildman–Crippen MR) is 73.1 cm³/mol. The van der Waals surface area contributed by atoms with Crippen molar-refractivity contribution in [2.45, 2.75) is 52.4 Å². The first-order valence-electron chi connectivity index (χ1n) is 6.69. The Hall–Kier alpha value is -0.980. The standard InChI is InChI=1S/C15H25N/c1-3-5-7-13-16-15-11-9-14(10-12-15)8-6-4-2/h9-12,16H,3-8,13H2,1-2H3. The molecule has 0 saturated heterocycles. The number of anilines is 1. The van der Waals surface area contributed by atoms with Gasteiger partial charge in [-0.05, 0) is 37.0 Å². The zero-order valence-electron chi connectivity index (χ0n) is 10.8. The van der Waals surface area contributed by atoms with Crippen LogP contribution < -0.4 is 5.32 Å². The summed E-state index contributed by atoms with van der Waals surface area (Å²) in [4.78, 5) is 0. The molecule has 0 radical (unpaired) electrons. The Kier molecular flexibility index (Phi) is 6.71. The summed E-state index contributed by atoms with van der Waals surface area (Å²) >= 11 is 0. The maximum absolute atomic E-state index is 3.46. The molecule has 0 saturated carbocycles. The van der Waals surface area contributed by atoms with Gasteiger partial charge in [0.05, 0.1) is 0 Å². The number of nitrogens with one attached hydrogen (secondary N) is 1. The van der Waals surface area contributed by atoms with Gasteiger partial charge < -0.3 is 5.32 Å². The highest BCUT2D eigenvalue weighted by molar-refractivity contribution is 5.44. The molecular weight excluding hydrogens is 194 g/mol. The normalized spacial score (nSPS) is 10.4. The fourth-order valence-electron chi connectivity index (χ4n) is 1.78. The summed E-state index contributed by atoms with van der Waals surface area (Å²) in [5.41, 5.74) is 2.72. The second kappa shape index (κ2) is 8.20. The molecular formula is C15H25N. The van der Waals surface area contributed by atoms with Crippen LogP contribution in [0.2, 0.25) is 0 Å². The van der Waals surface area contributed by atoms with Crippen molar-refractivity contribution in [3.63, 3.8) is 0 Å².